The second kappa shape index (κ2) is 8.46. The molecule has 10 heteroatoms. The standard InChI is InChI=1S/C26H31N7O3/c1-16-7-9-31(12-16)19-10-17(2)23-29-22(30-33(23)13-19)24(34)27-18-6-8-26(11-18)14-32(15-26)21-5-3-4-20(28-21)25(35)36/h3-5,10,13,16,18H,6-9,11-12,14-15H2,1-2H3,(H,27,34)(H,35,36). The molecule has 2 atom stereocenters. The molecule has 1 aliphatic carbocycles. The van der Waals surface area contributed by atoms with Crippen molar-refractivity contribution in [2.75, 3.05) is 36.0 Å². The van der Waals surface area contributed by atoms with Crippen LogP contribution in [-0.2, 0) is 0 Å². The van der Waals surface area contributed by atoms with Crippen LogP contribution in [0.4, 0.5) is 11.5 Å². The highest BCUT2D eigenvalue weighted by atomic mass is 16.4. The summed E-state index contributed by atoms with van der Waals surface area (Å²) in [6.07, 6.45) is 5.98. The van der Waals surface area contributed by atoms with Gasteiger partial charge in [-0.3, -0.25) is 4.79 Å². The molecule has 1 spiro atoms. The molecule has 0 radical (unpaired) electrons. The van der Waals surface area contributed by atoms with Gasteiger partial charge in [-0.1, -0.05) is 13.0 Å². The Kier molecular flexibility index (Phi) is 5.35. The quantitative estimate of drug-likeness (QED) is 0.562. The number of fused-ring (bicyclic) bond motifs is 1. The number of amides is 1. The maximum Gasteiger partial charge on any atom is 0.354 e. The Morgan fingerprint density at radius 1 is 1.17 bits per heavy atom. The summed E-state index contributed by atoms with van der Waals surface area (Å²) >= 11 is 0. The van der Waals surface area contributed by atoms with Crippen molar-refractivity contribution in [1.29, 1.82) is 0 Å². The van der Waals surface area contributed by atoms with E-state index in [1.54, 1.807) is 10.6 Å². The zero-order valence-corrected chi connectivity index (χ0v) is 20.6. The molecule has 188 valence electrons. The van der Waals surface area contributed by atoms with E-state index >= 15 is 0 Å². The van der Waals surface area contributed by atoms with Crippen LogP contribution in [0.15, 0.2) is 30.5 Å². The van der Waals surface area contributed by atoms with Gasteiger partial charge in [0.1, 0.15) is 5.82 Å². The number of nitrogens with one attached hydrogen (secondary N) is 1. The molecule has 3 aliphatic rings. The maximum absolute atomic E-state index is 13.0. The SMILES string of the molecule is Cc1cc(N2CCC(C)C2)cn2nc(C(=O)NC3CCC4(C3)CN(c3cccc(C(=O)O)n3)C4)nc12. The Morgan fingerprint density at radius 3 is 2.75 bits per heavy atom. The molecule has 5 heterocycles. The number of anilines is 2. The first-order chi connectivity index (χ1) is 17.3. The van der Waals surface area contributed by atoms with Gasteiger partial charge in [0.2, 0.25) is 5.82 Å². The number of hydrogen-bond donors (Lipinski definition) is 2. The fraction of sp³-hybridized carbons (Fsp3) is 0.500. The number of aromatic nitrogens is 4. The summed E-state index contributed by atoms with van der Waals surface area (Å²) < 4.78 is 1.74. The second-order valence-electron chi connectivity index (χ2n) is 10.9. The molecule has 3 aromatic heterocycles. The van der Waals surface area contributed by atoms with Gasteiger partial charge in [-0.25, -0.2) is 19.3 Å². The van der Waals surface area contributed by atoms with Crippen LogP contribution in [0.5, 0.6) is 0 Å². The molecular formula is C26H31N7O3. The van der Waals surface area contributed by atoms with Crippen molar-refractivity contribution < 1.29 is 14.7 Å². The van der Waals surface area contributed by atoms with Gasteiger partial charge in [-0.05, 0) is 62.3 Å². The first-order valence-electron chi connectivity index (χ1n) is 12.7. The zero-order chi connectivity index (χ0) is 25.0. The molecule has 0 bridgehead atoms. The first-order valence-corrected chi connectivity index (χ1v) is 12.7. The Hall–Kier alpha value is -3.69. The minimum Gasteiger partial charge on any atom is -0.477 e. The molecule has 1 saturated carbocycles. The molecule has 2 saturated heterocycles. The van der Waals surface area contributed by atoms with Gasteiger partial charge < -0.3 is 20.2 Å². The molecular weight excluding hydrogens is 458 g/mol. The van der Waals surface area contributed by atoms with Crippen LogP contribution in [0.3, 0.4) is 0 Å². The highest BCUT2D eigenvalue weighted by molar-refractivity contribution is 5.91. The van der Waals surface area contributed by atoms with E-state index in [0.29, 0.717) is 17.4 Å². The lowest BCUT2D eigenvalue weighted by molar-refractivity contribution is 0.0690. The highest BCUT2D eigenvalue weighted by Crippen LogP contribution is 2.46. The number of carboxylic acid groups (broad SMARTS) is 1. The van der Waals surface area contributed by atoms with Crippen LogP contribution in [0.2, 0.25) is 0 Å². The first kappa shape index (κ1) is 22.8. The number of aromatic carboxylic acids is 1. The second-order valence-corrected chi connectivity index (χ2v) is 10.9. The number of nitrogens with zero attached hydrogens (tertiary/aromatic N) is 6. The van der Waals surface area contributed by atoms with Crippen molar-refractivity contribution in [3.8, 4) is 0 Å². The topological polar surface area (TPSA) is 116 Å². The van der Waals surface area contributed by atoms with E-state index in [2.05, 4.69) is 43.2 Å². The third-order valence-electron chi connectivity index (χ3n) is 7.96. The Labute approximate surface area is 209 Å². The number of carbonyl (C=O) groups is 2. The summed E-state index contributed by atoms with van der Waals surface area (Å²) in [5, 5.41) is 16.9. The van der Waals surface area contributed by atoms with Crippen LogP contribution < -0.4 is 15.1 Å². The summed E-state index contributed by atoms with van der Waals surface area (Å²) in [5.41, 5.74) is 3.03. The Bertz CT molecular complexity index is 1350. The molecule has 10 nitrogen and oxygen atoms in total. The van der Waals surface area contributed by atoms with E-state index in [1.165, 1.54) is 12.5 Å². The number of carboxylic acids is 1. The van der Waals surface area contributed by atoms with Crippen molar-refractivity contribution in [2.45, 2.75) is 45.6 Å². The van der Waals surface area contributed by atoms with Gasteiger partial charge in [0, 0.05) is 37.6 Å². The number of pyridine rings is 2. The van der Waals surface area contributed by atoms with Gasteiger partial charge in [0.05, 0.1) is 11.9 Å². The Morgan fingerprint density at radius 2 is 2.00 bits per heavy atom. The van der Waals surface area contributed by atoms with E-state index in [1.807, 2.05) is 19.2 Å². The zero-order valence-electron chi connectivity index (χ0n) is 20.6. The van der Waals surface area contributed by atoms with E-state index < -0.39 is 5.97 Å². The third kappa shape index (κ3) is 4.04. The third-order valence-corrected chi connectivity index (χ3v) is 7.96. The van der Waals surface area contributed by atoms with E-state index in [-0.39, 0.29) is 28.9 Å². The van der Waals surface area contributed by atoms with E-state index in [9.17, 15) is 14.7 Å². The lowest BCUT2D eigenvalue weighted by Crippen LogP contribution is -2.56. The number of hydrogen-bond acceptors (Lipinski definition) is 7. The van der Waals surface area contributed by atoms with E-state index in [0.717, 1.165) is 56.7 Å². The van der Waals surface area contributed by atoms with Crippen molar-refractivity contribution in [1.82, 2.24) is 24.9 Å². The average molecular weight is 490 g/mol. The number of aryl methyl sites for hydroxylation is 1. The van der Waals surface area contributed by atoms with Crippen LogP contribution >= 0.6 is 0 Å². The predicted octanol–water partition coefficient (Wildman–Crippen LogP) is 2.77. The predicted molar refractivity (Wildman–Crippen MR) is 135 cm³/mol. The number of rotatable bonds is 5. The minimum atomic E-state index is -1.02. The summed E-state index contributed by atoms with van der Waals surface area (Å²) in [4.78, 5) is 37.5. The molecule has 1 amide bonds. The van der Waals surface area contributed by atoms with Gasteiger partial charge in [-0.15, -0.1) is 5.10 Å². The van der Waals surface area contributed by atoms with Gasteiger partial charge in [0.25, 0.3) is 5.91 Å². The molecule has 2 N–H and O–H groups in total. The van der Waals surface area contributed by atoms with Crippen LogP contribution in [0.25, 0.3) is 5.65 Å². The van der Waals surface area contributed by atoms with Crippen molar-refractivity contribution in [3.63, 3.8) is 0 Å². The van der Waals surface area contributed by atoms with Crippen LogP contribution in [0, 0.1) is 18.3 Å². The summed E-state index contributed by atoms with van der Waals surface area (Å²) in [7, 11) is 0. The average Bonchev–Trinajstić information content (AvgIpc) is 3.56. The minimum absolute atomic E-state index is 0.0577. The van der Waals surface area contributed by atoms with Gasteiger partial charge in [0.15, 0.2) is 11.3 Å². The molecule has 2 aliphatic heterocycles. The van der Waals surface area contributed by atoms with Gasteiger partial charge in [-0.2, -0.15) is 0 Å². The smallest absolute Gasteiger partial charge is 0.354 e. The molecule has 3 fully saturated rings. The molecule has 36 heavy (non-hydrogen) atoms. The van der Waals surface area contributed by atoms with Crippen molar-refractivity contribution >= 4 is 29.0 Å². The highest BCUT2D eigenvalue weighted by Gasteiger charge is 2.49. The summed E-state index contributed by atoms with van der Waals surface area (Å²) in [6.45, 7) is 7.99. The van der Waals surface area contributed by atoms with Crippen LogP contribution in [0.1, 0.15) is 59.3 Å². The molecule has 2 unspecified atom stereocenters. The monoisotopic (exact) mass is 489 g/mol. The molecule has 0 aromatic carbocycles. The van der Waals surface area contributed by atoms with Gasteiger partial charge >= 0.3 is 5.97 Å². The summed E-state index contributed by atoms with van der Waals surface area (Å²) in [6, 6.07) is 7.29. The lowest BCUT2D eigenvalue weighted by Gasteiger charge is -2.49. The fourth-order valence-corrected chi connectivity index (χ4v) is 6.08. The number of carbonyl (C=O) groups excluding carboxylic acids is 1. The largest absolute Gasteiger partial charge is 0.477 e. The molecule has 3 aromatic rings. The van der Waals surface area contributed by atoms with Crippen molar-refractivity contribution in [2.24, 2.45) is 11.3 Å². The summed E-state index contributed by atoms with van der Waals surface area (Å²) in [5.74, 6) is 0.328. The van der Waals surface area contributed by atoms with E-state index in [4.69, 9.17) is 0 Å². The van der Waals surface area contributed by atoms with Crippen molar-refractivity contribution in [3.05, 3.63) is 47.5 Å². The maximum atomic E-state index is 13.0. The molecule has 6 rings (SSSR count). The Balaban J connectivity index is 1.10. The van der Waals surface area contributed by atoms with Crippen LogP contribution in [-0.4, -0.2) is 68.8 Å². The lowest BCUT2D eigenvalue weighted by atomic mass is 9.78. The normalized spacial score (nSPS) is 22.8. The fourth-order valence-electron chi connectivity index (χ4n) is 6.08.